The molecule has 106 valence electrons. The van der Waals surface area contributed by atoms with Crippen molar-refractivity contribution in [1.82, 2.24) is 10.3 Å². The van der Waals surface area contributed by atoms with Gasteiger partial charge >= 0.3 is 0 Å². The average molecular weight is 292 g/mol. The van der Waals surface area contributed by atoms with Crippen molar-refractivity contribution in [2.75, 3.05) is 6.54 Å². The predicted octanol–water partition coefficient (Wildman–Crippen LogP) is 2.63. The lowest BCUT2D eigenvalue weighted by molar-refractivity contribution is -0.118. The highest BCUT2D eigenvalue weighted by molar-refractivity contribution is 6.35. The van der Waals surface area contributed by atoms with Gasteiger partial charge in [-0.3, -0.25) is 9.78 Å². The van der Waals surface area contributed by atoms with Crippen molar-refractivity contribution in [3.05, 3.63) is 41.0 Å². The number of carbonyl (C=O) groups excluding carboxylic acids is 1. The SMILES string of the molecule is NC(=O)CCCCNCc1ccc(Cl)c2cccnc12. The number of hydrogen-bond acceptors (Lipinski definition) is 3. The minimum Gasteiger partial charge on any atom is -0.370 e. The zero-order valence-corrected chi connectivity index (χ0v) is 12.0. The molecule has 0 saturated carbocycles. The number of primary amides is 1. The fraction of sp³-hybridized carbons (Fsp3) is 0.333. The molecule has 1 amide bonds. The fourth-order valence-electron chi connectivity index (χ4n) is 2.11. The van der Waals surface area contributed by atoms with Crippen molar-refractivity contribution >= 4 is 28.4 Å². The zero-order chi connectivity index (χ0) is 14.4. The van der Waals surface area contributed by atoms with Crippen LogP contribution in [0.2, 0.25) is 5.02 Å². The first-order valence-electron chi connectivity index (χ1n) is 6.69. The maximum atomic E-state index is 10.6. The summed E-state index contributed by atoms with van der Waals surface area (Å²) in [4.78, 5) is 15.0. The van der Waals surface area contributed by atoms with Gasteiger partial charge in [0.15, 0.2) is 0 Å². The number of hydrogen-bond donors (Lipinski definition) is 2. The Balaban J connectivity index is 1.90. The molecular formula is C15H18ClN3O. The average Bonchev–Trinajstić information content (AvgIpc) is 2.45. The van der Waals surface area contributed by atoms with Gasteiger partial charge in [-0.05, 0) is 43.1 Å². The minimum absolute atomic E-state index is 0.238. The lowest BCUT2D eigenvalue weighted by atomic mass is 10.1. The van der Waals surface area contributed by atoms with Gasteiger partial charge in [0, 0.05) is 29.6 Å². The number of amides is 1. The lowest BCUT2D eigenvalue weighted by Crippen LogP contribution is -2.16. The normalized spacial score (nSPS) is 10.8. The third-order valence-corrected chi connectivity index (χ3v) is 3.47. The molecule has 3 N–H and O–H groups in total. The summed E-state index contributed by atoms with van der Waals surface area (Å²) in [5.74, 6) is -0.238. The molecule has 0 atom stereocenters. The van der Waals surface area contributed by atoms with E-state index in [0.717, 1.165) is 47.4 Å². The molecule has 0 bridgehead atoms. The number of rotatable bonds is 7. The summed E-state index contributed by atoms with van der Waals surface area (Å²) < 4.78 is 0. The smallest absolute Gasteiger partial charge is 0.217 e. The minimum atomic E-state index is -0.238. The van der Waals surface area contributed by atoms with E-state index in [1.165, 1.54) is 0 Å². The Morgan fingerprint density at radius 3 is 2.95 bits per heavy atom. The molecule has 1 heterocycles. The van der Waals surface area contributed by atoms with Crippen LogP contribution in [0.5, 0.6) is 0 Å². The number of carbonyl (C=O) groups is 1. The Hall–Kier alpha value is -1.65. The number of unbranched alkanes of at least 4 members (excludes halogenated alkanes) is 1. The number of benzene rings is 1. The predicted molar refractivity (Wildman–Crippen MR) is 81.5 cm³/mol. The molecule has 2 aromatic rings. The van der Waals surface area contributed by atoms with Gasteiger partial charge in [-0.15, -0.1) is 0 Å². The van der Waals surface area contributed by atoms with E-state index in [9.17, 15) is 4.79 Å². The second-order valence-electron chi connectivity index (χ2n) is 4.71. The van der Waals surface area contributed by atoms with Crippen LogP contribution in [-0.4, -0.2) is 17.4 Å². The van der Waals surface area contributed by atoms with Crippen molar-refractivity contribution in [2.24, 2.45) is 5.73 Å². The molecule has 0 spiro atoms. The number of halogens is 1. The summed E-state index contributed by atoms with van der Waals surface area (Å²) in [5, 5.41) is 5.05. The monoisotopic (exact) mass is 291 g/mol. The summed E-state index contributed by atoms with van der Waals surface area (Å²) >= 11 is 6.16. The van der Waals surface area contributed by atoms with Crippen LogP contribution in [0.25, 0.3) is 10.9 Å². The summed E-state index contributed by atoms with van der Waals surface area (Å²) in [5.41, 5.74) is 7.15. The van der Waals surface area contributed by atoms with Crippen molar-refractivity contribution in [1.29, 1.82) is 0 Å². The molecule has 0 aliphatic rings. The number of aromatic nitrogens is 1. The second-order valence-corrected chi connectivity index (χ2v) is 5.11. The molecule has 2 rings (SSSR count). The molecule has 0 aliphatic heterocycles. The van der Waals surface area contributed by atoms with Gasteiger partial charge < -0.3 is 11.1 Å². The van der Waals surface area contributed by atoms with E-state index in [4.69, 9.17) is 17.3 Å². The molecule has 0 aliphatic carbocycles. The van der Waals surface area contributed by atoms with E-state index < -0.39 is 0 Å². The molecular weight excluding hydrogens is 274 g/mol. The first kappa shape index (κ1) is 14.8. The highest BCUT2D eigenvalue weighted by atomic mass is 35.5. The third-order valence-electron chi connectivity index (χ3n) is 3.14. The van der Waals surface area contributed by atoms with E-state index in [-0.39, 0.29) is 5.91 Å². The van der Waals surface area contributed by atoms with Crippen LogP contribution in [0.4, 0.5) is 0 Å². The van der Waals surface area contributed by atoms with Crippen LogP contribution < -0.4 is 11.1 Å². The topological polar surface area (TPSA) is 68.0 Å². The van der Waals surface area contributed by atoms with Gasteiger partial charge in [0.05, 0.1) is 5.52 Å². The lowest BCUT2D eigenvalue weighted by Gasteiger charge is -2.08. The van der Waals surface area contributed by atoms with Crippen LogP contribution in [-0.2, 0) is 11.3 Å². The Morgan fingerprint density at radius 1 is 1.30 bits per heavy atom. The van der Waals surface area contributed by atoms with E-state index in [2.05, 4.69) is 10.3 Å². The van der Waals surface area contributed by atoms with E-state index in [1.54, 1.807) is 6.20 Å². The van der Waals surface area contributed by atoms with Crippen LogP contribution in [0.3, 0.4) is 0 Å². The first-order valence-corrected chi connectivity index (χ1v) is 7.07. The molecule has 1 aromatic heterocycles. The Kier molecular flexibility index (Phi) is 5.32. The fourth-order valence-corrected chi connectivity index (χ4v) is 2.33. The molecule has 1 aromatic carbocycles. The number of pyridine rings is 1. The standard InChI is InChI=1S/C15H18ClN3O/c16-13-7-6-11(15-12(13)4-3-9-19-15)10-18-8-2-1-5-14(17)20/h3-4,6-7,9,18H,1-2,5,8,10H2,(H2,17,20). The van der Waals surface area contributed by atoms with Crippen LogP contribution in [0.15, 0.2) is 30.5 Å². The van der Waals surface area contributed by atoms with Gasteiger partial charge in [-0.25, -0.2) is 0 Å². The van der Waals surface area contributed by atoms with E-state index in [1.807, 2.05) is 24.3 Å². The molecule has 20 heavy (non-hydrogen) atoms. The molecule has 0 saturated heterocycles. The summed E-state index contributed by atoms with van der Waals surface area (Å²) in [6, 6.07) is 7.75. The van der Waals surface area contributed by atoms with Gasteiger partial charge in [0.1, 0.15) is 0 Å². The maximum absolute atomic E-state index is 10.6. The Morgan fingerprint density at radius 2 is 2.15 bits per heavy atom. The van der Waals surface area contributed by atoms with Crippen molar-refractivity contribution in [3.63, 3.8) is 0 Å². The number of nitrogens with two attached hydrogens (primary N) is 1. The largest absolute Gasteiger partial charge is 0.370 e. The maximum Gasteiger partial charge on any atom is 0.217 e. The van der Waals surface area contributed by atoms with Crippen molar-refractivity contribution in [2.45, 2.75) is 25.8 Å². The van der Waals surface area contributed by atoms with Crippen molar-refractivity contribution in [3.8, 4) is 0 Å². The van der Waals surface area contributed by atoms with Gasteiger partial charge in [-0.1, -0.05) is 17.7 Å². The van der Waals surface area contributed by atoms with E-state index in [0.29, 0.717) is 6.42 Å². The van der Waals surface area contributed by atoms with E-state index >= 15 is 0 Å². The molecule has 5 heteroatoms. The summed E-state index contributed by atoms with van der Waals surface area (Å²) in [6.45, 7) is 1.59. The van der Waals surface area contributed by atoms with Crippen LogP contribution in [0.1, 0.15) is 24.8 Å². The number of nitrogens with zero attached hydrogens (tertiary/aromatic N) is 1. The van der Waals surface area contributed by atoms with Crippen LogP contribution in [0, 0.1) is 0 Å². The second kappa shape index (κ2) is 7.22. The van der Waals surface area contributed by atoms with Gasteiger partial charge in [0.25, 0.3) is 0 Å². The quantitative estimate of drug-likeness (QED) is 0.771. The molecule has 0 fully saturated rings. The third kappa shape index (κ3) is 3.92. The number of nitrogens with one attached hydrogen (secondary N) is 1. The summed E-state index contributed by atoms with van der Waals surface area (Å²) in [7, 11) is 0. The Bertz CT molecular complexity index is 601. The highest BCUT2D eigenvalue weighted by Gasteiger charge is 2.05. The molecule has 0 unspecified atom stereocenters. The zero-order valence-electron chi connectivity index (χ0n) is 11.2. The Labute approximate surface area is 123 Å². The number of fused-ring (bicyclic) bond motifs is 1. The summed E-state index contributed by atoms with van der Waals surface area (Å²) in [6.07, 6.45) is 3.98. The van der Waals surface area contributed by atoms with Gasteiger partial charge in [0.2, 0.25) is 5.91 Å². The van der Waals surface area contributed by atoms with Crippen LogP contribution >= 0.6 is 11.6 Å². The highest BCUT2D eigenvalue weighted by Crippen LogP contribution is 2.24. The first-order chi connectivity index (χ1) is 9.68. The molecule has 0 radical (unpaired) electrons. The van der Waals surface area contributed by atoms with Crippen molar-refractivity contribution < 1.29 is 4.79 Å². The van der Waals surface area contributed by atoms with Gasteiger partial charge in [-0.2, -0.15) is 0 Å². The molecule has 4 nitrogen and oxygen atoms in total.